The molecule has 3 fully saturated rings. The van der Waals surface area contributed by atoms with Crippen molar-refractivity contribution >= 4 is 22.4 Å². The van der Waals surface area contributed by atoms with Crippen molar-refractivity contribution in [3.63, 3.8) is 0 Å². The van der Waals surface area contributed by atoms with E-state index in [2.05, 4.69) is 59.7 Å². The first-order chi connectivity index (χ1) is 18.7. The van der Waals surface area contributed by atoms with Crippen molar-refractivity contribution in [2.45, 2.75) is 50.6 Å². The molecule has 38 heavy (non-hydrogen) atoms. The van der Waals surface area contributed by atoms with Gasteiger partial charge in [0.2, 0.25) is 0 Å². The molecule has 0 unspecified atom stereocenters. The highest BCUT2D eigenvalue weighted by molar-refractivity contribution is 5.92. The van der Waals surface area contributed by atoms with Crippen LogP contribution in [0.15, 0.2) is 43.0 Å². The molecule has 3 aliphatic rings. The van der Waals surface area contributed by atoms with Gasteiger partial charge in [-0.25, -0.2) is 9.97 Å². The number of aromatic nitrogens is 3. The smallest absolute Gasteiger partial charge is 0.137 e. The number of likely N-dealkylation sites (tertiary alicyclic amines) is 1. The van der Waals surface area contributed by atoms with Crippen LogP contribution in [0, 0.1) is 5.92 Å². The van der Waals surface area contributed by atoms with Crippen LogP contribution in [0.1, 0.15) is 38.5 Å². The Labute approximate surface area is 226 Å². The third-order valence-corrected chi connectivity index (χ3v) is 8.72. The number of anilines is 2. The number of fused-ring (bicyclic) bond motifs is 1. The molecule has 2 aliphatic heterocycles. The normalized spacial score (nSPS) is 25.3. The zero-order chi connectivity index (χ0) is 25.7. The molecule has 1 atom stereocenters. The summed E-state index contributed by atoms with van der Waals surface area (Å²) in [5, 5.41) is 8.05. The fourth-order valence-corrected chi connectivity index (χ4v) is 6.59. The number of ether oxygens (including phenoxy) is 1. The summed E-state index contributed by atoms with van der Waals surface area (Å²) in [4.78, 5) is 19.0. The number of piperidine rings is 1. The van der Waals surface area contributed by atoms with Crippen molar-refractivity contribution < 1.29 is 4.74 Å². The molecule has 4 heterocycles. The van der Waals surface area contributed by atoms with Gasteiger partial charge in [-0.15, -0.1) is 0 Å². The maximum Gasteiger partial charge on any atom is 0.137 e. The highest BCUT2D eigenvalue weighted by Gasteiger charge is 2.30. The molecular formula is C30H41N7O. The zero-order valence-corrected chi connectivity index (χ0v) is 22.6. The van der Waals surface area contributed by atoms with Crippen molar-refractivity contribution in [2.75, 3.05) is 63.6 Å². The van der Waals surface area contributed by atoms with E-state index in [9.17, 15) is 0 Å². The minimum atomic E-state index is 0.455. The molecule has 3 aromatic rings. The maximum atomic E-state index is 5.55. The maximum absolute atomic E-state index is 5.55. The molecule has 6 rings (SSSR count). The average Bonchev–Trinajstić information content (AvgIpc) is 2.98. The van der Waals surface area contributed by atoms with E-state index in [4.69, 9.17) is 4.74 Å². The van der Waals surface area contributed by atoms with Crippen LogP contribution in [0.5, 0.6) is 0 Å². The van der Waals surface area contributed by atoms with E-state index < -0.39 is 0 Å². The molecule has 0 amide bonds. The number of morpholine rings is 1. The number of nitrogens with one attached hydrogen (secondary N) is 2. The minimum Gasteiger partial charge on any atom is -0.387 e. The molecule has 202 valence electrons. The second kappa shape index (κ2) is 11.9. The van der Waals surface area contributed by atoms with Crippen LogP contribution in [0.4, 0.5) is 11.5 Å². The van der Waals surface area contributed by atoms with Gasteiger partial charge in [0.05, 0.1) is 24.4 Å². The largest absolute Gasteiger partial charge is 0.387 e. The van der Waals surface area contributed by atoms with Crippen molar-refractivity contribution in [3.8, 4) is 11.1 Å². The highest BCUT2D eigenvalue weighted by Crippen LogP contribution is 2.32. The van der Waals surface area contributed by atoms with E-state index in [1.807, 2.05) is 19.4 Å². The lowest BCUT2D eigenvalue weighted by Crippen LogP contribution is -2.48. The summed E-state index contributed by atoms with van der Waals surface area (Å²) in [6.45, 7) is 7.79. The molecule has 2 aromatic heterocycles. The Morgan fingerprint density at radius 3 is 2.66 bits per heavy atom. The van der Waals surface area contributed by atoms with E-state index in [-0.39, 0.29) is 0 Å². The second-order valence-corrected chi connectivity index (χ2v) is 11.2. The van der Waals surface area contributed by atoms with Gasteiger partial charge < -0.3 is 20.3 Å². The lowest BCUT2D eigenvalue weighted by atomic mass is 9.87. The second-order valence-electron chi connectivity index (χ2n) is 11.2. The van der Waals surface area contributed by atoms with Gasteiger partial charge >= 0.3 is 0 Å². The summed E-state index contributed by atoms with van der Waals surface area (Å²) >= 11 is 0. The first-order valence-electron chi connectivity index (χ1n) is 14.4. The van der Waals surface area contributed by atoms with Crippen LogP contribution in [0.2, 0.25) is 0 Å². The Balaban J connectivity index is 1.08. The molecule has 8 nitrogen and oxygen atoms in total. The molecule has 1 aromatic carbocycles. The Bertz CT molecular complexity index is 1210. The quantitative estimate of drug-likeness (QED) is 0.476. The molecule has 0 spiro atoms. The van der Waals surface area contributed by atoms with Gasteiger partial charge in [-0.2, -0.15) is 0 Å². The first kappa shape index (κ1) is 25.5. The topological polar surface area (TPSA) is 78.4 Å². The van der Waals surface area contributed by atoms with Crippen LogP contribution in [-0.2, 0) is 4.74 Å². The predicted octanol–water partition coefficient (Wildman–Crippen LogP) is 4.50. The lowest BCUT2D eigenvalue weighted by Gasteiger charge is -2.43. The number of hydrogen-bond acceptors (Lipinski definition) is 8. The highest BCUT2D eigenvalue weighted by atomic mass is 16.5. The van der Waals surface area contributed by atoms with Crippen LogP contribution in [0.25, 0.3) is 22.0 Å². The summed E-state index contributed by atoms with van der Waals surface area (Å²) in [7, 11) is 1.92. The van der Waals surface area contributed by atoms with E-state index in [0.29, 0.717) is 6.04 Å². The molecule has 8 heteroatoms. The van der Waals surface area contributed by atoms with E-state index in [1.54, 1.807) is 6.33 Å². The lowest BCUT2D eigenvalue weighted by molar-refractivity contribution is 0.0172. The Morgan fingerprint density at radius 1 is 0.947 bits per heavy atom. The summed E-state index contributed by atoms with van der Waals surface area (Å²) in [6.07, 6.45) is 13.1. The van der Waals surface area contributed by atoms with Crippen molar-refractivity contribution in [2.24, 2.45) is 5.92 Å². The van der Waals surface area contributed by atoms with Gasteiger partial charge in [-0.3, -0.25) is 9.88 Å². The number of rotatable bonds is 7. The molecule has 0 bridgehead atoms. The number of pyridine rings is 1. The summed E-state index contributed by atoms with van der Waals surface area (Å²) in [6, 6.07) is 9.70. The summed E-state index contributed by atoms with van der Waals surface area (Å²) < 4.78 is 5.55. The van der Waals surface area contributed by atoms with Crippen LogP contribution < -0.4 is 10.6 Å². The van der Waals surface area contributed by atoms with E-state index in [0.717, 1.165) is 71.8 Å². The molecular weight excluding hydrogens is 474 g/mol. The van der Waals surface area contributed by atoms with Crippen LogP contribution in [0.3, 0.4) is 0 Å². The summed E-state index contributed by atoms with van der Waals surface area (Å²) in [5.41, 5.74) is 4.18. The van der Waals surface area contributed by atoms with Gasteiger partial charge in [0, 0.05) is 68.7 Å². The molecule has 1 saturated carbocycles. The van der Waals surface area contributed by atoms with E-state index in [1.165, 1.54) is 58.2 Å². The molecule has 2 N–H and O–H groups in total. The minimum absolute atomic E-state index is 0.455. The SMILES string of the molecule is CNc1cncc(-c2ccc3ncnc(N[C@H]4CC[C@H](N5CCC[C@H](CN6CCOCC6)C5)CC4)c3c2)c1. The van der Waals surface area contributed by atoms with Crippen molar-refractivity contribution in [1.29, 1.82) is 0 Å². The van der Waals surface area contributed by atoms with Crippen molar-refractivity contribution in [1.82, 2.24) is 24.8 Å². The molecule has 1 aliphatic carbocycles. The summed E-state index contributed by atoms with van der Waals surface area (Å²) in [5.74, 6) is 1.75. The van der Waals surface area contributed by atoms with Crippen LogP contribution in [-0.4, -0.2) is 89.8 Å². The average molecular weight is 516 g/mol. The number of nitrogens with zero attached hydrogens (tertiary/aromatic N) is 5. The monoisotopic (exact) mass is 515 g/mol. The zero-order valence-electron chi connectivity index (χ0n) is 22.6. The Hall–Kier alpha value is -2.81. The molecule has 0 radical (unpaired) electrons. The van der Waals surface area contributed by atoms with Crippen molar-refractivity contribution in [3.05, 3.63) is 43.0 Å². The predicted molar refractivity (Wildman–Crippen MR) is 154 cm³/mol. The third kappa shape index (κ3) is 5.92. The fourth-order valence-electron chi connectivity index (χ4n) is 6.59. The van der Waals surface area contributed by atoms with Gasteiger partial charge in [0.1, 0.15) is 12.1 Å². The third-order valence-electron chi connectivity index (χ3n) is 8.72. The first-order valence-corrected chi connectivity index (χ1v) is 14.4. The molecule has 2 saturated heterocycles. The van der Waals surface area contributed by atoms with Gasteiger partial charge in [-0.1, -0.05) is 6.07 Å². The van der Waals surface area contributed by atoms with Gasteiger partial charge in [-0.05, 0) is 74.8 Å². The number of benzene rings is 1. The van der Waals surface area contributed by atoms with E-state index >= 15 is 0 Å². The van der Waals surface area contributed by atoms with Crippen LogP contribution >= 0.6 is 0 Å². The van der Waals surface area contributed by atoms with Gasteiger partial charge in [0.25, 0.3) is 0 Å². The fraction of sp³-hybridized carbons (Fsp3) is 0.567. The Morgan fingerprint density at radius 2 is 1.82 bits per heavy atom. The Kier molecular flexibility index (Phi) is 7.99. The number of hydrogen-bond donors (Lipinski definition) is 2. The van der Waals surface area contributed by atoms with Gasteiger partial charge in [0.15, 0.2) is 0 Å². The standard InChI is InChI=1S/C30H41N7O/c1-31-26-15-24(17-32-18-26)23-4-9-29-28(16-23)30(34-21-33-29)35-25-5-7-27(8-6-25)37-10-2-3-22(20-37)19-36-11-13-38-14-12-36/h4,9,15-18,21-22,25,27,31H,2-3,5-8,10-14,19-20H2,1H3,(H,33,34,35)/t22-,25-,27-/m1/s1.